The predicted octanol–water partition coefficient (Wildman–Crippen LogP) is 3.30. The second-order valence-corrected chi connectivity index (χ2v) is 7.02. The Labute approximate surface area is 136 Å². The van der Waals surface area contributed by atoms with Crippen molar-refractivity contribution in [3.8, 4) is 0 Å². The van der Waals surface area contributed by atoms with Crippen molar-refractivity contribution < 1.29 is 9.53 Å². The highest BCUT2D eigenvalue weighted by molar-refractivity contribution is 5.99. The van der Waals surface area contributed by atoms with Crippen molar-refractivity contribution in [2.45, 2.75) is 51.7 Å². The average molecular weight is 312 g/mol. The molecule has 0 radical (unpaired) electrons. The van der Waals surface area contributed by atoms with E-state index >= 15 is 0 Å². The van der Waals surface area contributed by atoms with E-state index in [0.717, 1.165) is 23.9 Å². The largest absolute Gasteiger partial charge is 0.372 e. The molecule has 1 aliphatic heterocycles. The molecule has 2 atom stereocenters. The fraction of sp³-hybridized carbons (Fsp3) is 0.526. The third-order valence-corrected chi connectivity index (χ3v) is 5.05. The van der Waals surface area contributed by atoms with Gasteiger partial charge < -0.3 is 14.6 Å². The first-order valence-electron chi connectivity index (χ1n) is 8.70. The molecule has 1 fully saturated rings. The summed E-state index contributed by atoms with van der Waals surface area (Å²) in [5, 5.41) is 1.24. The maximum Gasteiger partial charge on any atom is 0.254 e. The first-order chi connectivity index (χ1) is 11.1. The summed E-state index contributed by atoms with van der Waals surface area (Å²) in [5.41, 5.74) is 4.75. The Kier molecular flexibility index (Phi) is 3.64. The summed E-state index contributed by atoms with van der Waals surface area (Å²) >= 11 is 0. The number of ether oxygens (including phenoxy) is 1. The lowest BCUT2D eigenvalue weighted by molar-refractivity contribution is -0.0586. The number of hydrogen-bond acceptors (Lipinski definition) is 2. The first-order valence-corrected chi connectivity index (χ1v) is 8.70. The van der Waals surface area contributed by atoms with Gasteiger partial charge in [0.05, 0.1) is 12.2 Å². The molecule has 1 aromatic carbocycles. The van der Waals surface area contributed by atoms with Crippen molar-refractivity contribution in [1.29, 1.82) is 0 Å². The third-order valence-electron chi connectivity index (χ3n) is 5.05. The van der Waals surface area contributed by atoms with Gasteiger partial charge in [-0.25, -0.2) is 0 Å². The molecule has 0 bridgehead atoms. The fourth-order valence-electron chi connectivity index (χ4n) is 4.07. The molecule has 2 aromatic rings. The Balaban J connectivity index is 1.67. The van der Waals surface area contributed by atoms with Crippen LogP contribution in [-0.4, -0.2) is 41.1 Å². The second kappa shape index (κ2) is 5.68. The molecule has 1 N–H and O–H groups in total. The highest BCUT2D eigenvalue weighted by Gasteiger charge is 2.27. The van der Waals surface area contributed by atoms with Gasteiger partial charge in [0.15, 0.2) is 0 Å². The van der Waals surface area contributed by atoms with Gasteiger partial charge in [0, 0.05) is 35.2 Å². The summed E-state index contributed by atoms with van der Waals surface area (Å²) in [5.74, 6) is 0.125. The van der Waals surface area contributed by atoms with Crippen molar-refractivity contribution in [1.82, 2.24) is 9.88 Å². The molecule has 1 aliphatic carbocycles. The molecule has 1 saturated heterocycles. The lowest BCUT2D eigenvalue weighted by Gasteiger charge is -2.35. The SMILES string of the molecule is CC1CN(C(=O)c2ccc3[nH]c4c(c3c2)CCCC4)CC(C)O1. The molecule has 0 spiro atoms. The van der Waals surface area contributed by atoms with Crippen LogP contribution in [0.5, 0.6) is 0 Å². The van der Waals surface area contributed by atoms with Crippen LogP contribution in [-0.2, 0) is 17.6 Å². The van der Waals surface area contributed by atoms with E-state index in [-0.39, 0.29) is 18.1 Å². The summed E-state index contributed by atoms with van der Waals surface area (Å²) < 4.78 is 5.74. The lowest BCUT2D eigenvalue weighted by atomic mass is 9.95. The van der Waals surface area contributed by atoms with Crippen molar-refractivity contribution in [3.05, 3.63) is 35.0 Å². The van der Waals surface area contributed by atoms with Crippen LogP contribution in [0.4, 0.5) is 0 Å². The Morgan fingerprint density at radius 1 is 1.17 bits per heavy atom. The van der Waals surface area contributed by atoms with Gasteiger partial charge >= 0.3 is 0 Å². The number of amides is 1. The zero-order valence-electron chi connectivity index (χ0n) is 13.9. The maximum atomic E-state index is 12.9. The standard InChI is InChI=1S/C19H24N2O2/c1-12-10-21(11-13(2)23-12)19(22)14-7-8-18-16(9-14)15-5-3-4-6-17(15)20-18/h7-9,12-13,20H,3-6,10-11H2,1-2H3. The van der Waals surface area contributed by atoms with Gasteiger partial charge in [-0.05, 0) is 63.3 Å². The molecule has 2 aliphatic rings. The van der Waals surface area contributed by atoms with Crippen molar-refractivity contribution in [3.63, 3.8) is 0 Å². The van der Waals surface area contributed by atoms with Gasteiger partial charge in [0.1, 0.15) is 0 Å². The summed E-state index contributed by atoms with van der Waals surface area (Å²) in [6, 6.07) is 6.11. The highest BCUT2D eigenvalue weighted by Crippen LogP contribution is 2.30. The average Bonchev–Trinajstić information content (AvgIpc) is 2.91. The summed E-state index contributed by atoms with van der Waals surface area (Å²) in [7, 11) is 0. The van der Waals surface area contributed by atoms with E-state index in [9.17, 15) is 4.79 Å². The van der Waals surface area contributed by atoms with Crippen LogP contribution in [0.1, 0.15) is 48.3 Å². The van der Waals surface area contributed by atoms with Gasteiger partial charge in [-0.3, -0.25) is 4.79 Å². The Hall–Kier alpha value is -1.81. The number of H-pyrrole nitrogens is 1. The third kappa shape index (κ3) is 2.65. The molecule has 1 amide bonds. The first kappa shape index (κ1) is 14.8. The van der Waals surface area contributed by atoms with E-state index in [1.54, 1.807) is 0 Å². The molecular weight excluding hydrogens is 288 g/mol. The van der Waals surface area contributed by atoms with Crippen molar-refractivity contribution in [2.75, 3.05) is 13.1 Å². The van der Waals surface area contributed by atoms with Crippen LogP contribution in [0.15, 0.2) is 18.2 Å². The molecule has 122 valence electrons. The van der Waals surface area contributed by atoms with E-state index in [1.165, 1.54) is 29.5 Å². The number of fused-ring (bicyclic) bond motifs is 3. The molecule has 2 heterocycles. The number of hydrogen-bond donors (Lipinski definition) is 1. The monoisotopic (exact) mass is 312 g/mol. The topological polar surface area (TPSA) is 45.3 Å². The van der Waals surface area contributed by atoms with E-state index < -0.39 is 0 Å². The number of carbonyl (C=O) groups is 1. The van der Waals surface area contributed by atoms with E-state index in [1.807, 2.05) is 24.8 Å². The number of nitrogens with zero attached hydrogens (tertiary/aromatic N) is 1. The quantitative estimate of drug-likeness (QED) is 0.878. The molecule has 4 rings (SSSR count). The summed E-state index contributed by atoms with van der Waals surface area (Å²) in [6.45, 7) is 5.41. The molecule has 0 saturated carbocycles. The van der Waals surface area contributed by atoms with E-state index in [0.29, 0.717) is 13.1 Å². The number of aromatic amines is 1. The van der Waals surface area contributed by atoms with Crippen LogP contribution in [0, 0.1) is 0 Å². The number of rotatable bonds is 1. The van der Waals surface area contributed by atoms with Crippen LogP contribution in [0.3, 0.4) is 0 Å². The summed E-state index contributed by atoms with van der Waals surface area (Å²) in [6.07, 6.45) is 4.97. The lowest BCUT2D eigenvalue weighted by Crippen LogP contribution is -2.48. The van der Waals surface area contributed by atoms with Crippen molar-refractivity contribution >= 4 is 16.8 Å². The van der Waals surface area contributed by atoms with Crippen LogP contribution < -0.4 is 0 Å². The van der Waals surface area contributed by atoms with Crippen LogP contribution in [0.25, 0.3) is 10.9 Å². The fourth-order valence-corrected chi connectivity index (χ4v) is 4.07. The number of carbonyl (C=O) groups excluding carboxylic acids is 1. The molecule has 1 aromatic heterocycles. The molecule has 4 nitrogen and oxygen atoms in total. The zero-order chi connectivity index (χ0) is 16.0. The zero-order valence-corrected chi connectivity index (χ0v) is 13.9. The van der Waals surface area contributed by atoms with Gasteiger partial charge in [-0.1, -0.05) is 0 Å². The number of nitrogens with one attached hydrogen (secondary N) is 1. The maximum absolute atomic E-state index is 12.9. The number of benzene rings is 1. The van der Waals surface area contributed by atoms with Gasteiger partial charge in [0.2, 0.25) is 0 Å². The molecule has 23 heavy (non-hydrogen) atoms. The van der Waals surface area contributed by atoms with Crippen molar-refractivity contribution in [2.24, 2.45) is 0 Å². The molecule has 4 heteroatoms. The van der Waals surface area contributed by atoms with E-state index in [4.69, 9.17) is 4.74 Å². The summed E-state index contributed by atoms with van der Waals surface area (Å²) in [4.78, 5) is 18.3. The number of morpholine rings is 1. The van der Waals surface area contributed by atoms with Gasteiger partial charge in [0.25, 0.3) is 5.91 Å². The Bertz CT molecular complexity index is 739. The molecule has 2 unspecified atom stereocenters. The smallest absolute Gasteiger partial charge is 0.254 e. The van der Waals surface area contributed by atoms with Crippen LogP contribution >= 0.6 is 0 Å². The minimum absolute atomic E-state index is 0.103. The Morgan fingerprint density at radius 3 is 2.70 bits per heavy atom. The Morgan fingerprint density at radius 2 is 1.91 bits per heavy atom. The normalized spacial score (nSPS) is 24.7. The molecular formula is C19H24N2O2. The van der Waals surface area contributed by atoms with E-state index in [2.05, 4.69) is 17.1 Å². The minimum Gasteiger partial charge on any atom is -0.372 e. The van der Waals surface area contributed by atoms with Gasteiger partial charge in [-0.2, -0.15) is 0 Å². The number of aromatic nitrogens is 1. The van der Waals surface area contributed by atoms with Crippen LogP contribution in [0.2, 0.25) is 0 Å². The second-order valence-electron chi connectivity index (χ2n) is 7.02. The minimum atomic E-state index is 0.103. The number of aryl methyl sites for hydroxylation is 2. The van der Waals surface area contributed by atoms with Gasteiger partial charge in [-0.15, -0.1) is 0 Å². The highest BCUT2D eigenvalue weighted by atomic mass is 16.5. The predicted molar refractivity (Wildman–Crippen MR) is 90.9 cm³/mol.